The minimum atomic E-state index is -5.18. The second-order valence-corrected chi connectivity index (χ2v) is 6.59. The third-order valence-corrected chi connectivity index (χ3v) is 4.49. The van der Waals surface area contributed by atoms with Crippen LogP contribution in [0, 0.1) is 11.8 Å². The van der Waals surface area contributed by atoms with E-state index in [9.17, 15) is 21.6 Å². The number of nitrogens with zero attached hydrogens (tertiary/aromatic N) is 1. The molecule has 0 N–H and O–H groups in total. The molecule has 2 unspecified atom stereocenters. The first-order valence-corrected chi connectivity index (χ1v) is 6.75. The van der Waals surface area contributed by atoms with E-state index >= 15 is 0 Å². The quantitative estimate of drug-likeness (QED) is 0.687. The minimum Gasteiger partial charge on any atom is -0.203 e. The Bertz CT molecular complexity index is 375. The highest BCUT2D eigenvalue weighted by Crippen LogP contribution is 2.38. The summed E-state index contributed by atoms with van der Waals surface area (Å²) >= 11 is 0. The van der Waals surface area contributed by atoms with E-state index in [2.05, 4.69) is 12.2 Å². The zero-order chi connectivity index (χ0) is 13.3. The molecule has 1 saturated carbocycles. The molecule has 0 aromatic rings. The summed E-state index contributed by atoms with van der Waals surface area (Å²) in [5.41, 5.74) is -5.18. The molecule has 0 amide bonds. The molecule has 2 rings (SSSR count). The zero-order valence-corrected chi connectivity index (χ0v) is 10.6. The smallest absolute Gasteiger partial charge is 0.203 e. The molecule has 0 heterocycles. The van der Waals surface area contributed by atoms with E-state index in [0.29, 0.717) is 0 Å². The summed E-state index contributed by atoms with van der Waals surface area (Å²) < 4.78 is 54.8. The fourth-order valence-corrected chi connectivity index (χ4v) is 2.34. The SMILES string of the molecule is C1=CC2CCC1C2.CN(C)S(=O)(=O)C(F)(F)F. The molecule has 2 atom stereocenters. The maximum atomic E-state index is 11.5. The highest BCUT2D eigenvalue weighted by Gasteiger charge is 2.47. The Morgan fingerprint density at radius 3 is 1.59 bits per heavy atom. The van der Waals surface area contributed by atoms with Gasteiger partial charge in [-0.25, -0.2) is 12.7 Å². The third kappa shape index (κ3) is 3.45. The van der Waals surface area contributed by atoms with E-state index in [4.69, 9.17) is 0 Å². The molecule has 1 fully saturated rings. The van der Waals surface area contributed by atoms with Gasteiger partial charge in [-0.1, -0.05) is 12.2 Å². The van der Waals surface area contributed by atoms with Gasteiger partial charge in [-0.15, -0.1) is 0 Å². The van der Waals surface area contributed by atoms with Crippen molar-refractivity contribution in [2.24, 2.45) is 11.8 Å². The van der Waals surface area contributed by atoms with Crippen molar-refractivity contribution >= 4 is 10.0 Å². The normalized spacial score (nSPS) is 27.2. The maximum Gasteiger partial charge on any atom is 0.511 e. The summed E-state index contributed by atoms with van der Waals surface area (Å²) in [7, 11) is -3.44. The highest BCUT2D eigenvalue weighted by molar-refractivity contribution is 7.89. The van der Waals surface area contributed by atoms with Gasteiger partial charge in [-0.3, -0.25) is 0 Å². The van der Waals surface area contributed by atoms with Crippen molar-refractivity contribution in [2.75, 3.05) is 14.1 Å². The van der Waals surface area contributed by atoms with Crippen LogP contribution in [0.2, 0.25) is 0 Å². The van der Waals surface area contributed by atoms with E-state index in [1.807, 2.05) is 0 Å². The molecular weight excluding hydrogens is 255 g/mol. The van der Waals surface area contributed by atoms with Crippen molar-refractivity contribution in [3.8, 4) is 0 Å². The van der Waals surface area contributed by atoms with Crippen LogP contribution in [0.1, 0.15) is 19.3 Å². The van der Waals surface area contributed by atoms with Crippen LogP contribution in [-0.4, -0.2) is 32.3 Å². The van der Waals surface area contributed by atoms with Crippen molar-refractivity contribution < 1.29 is 21.6 Å². The first kappa shape index (κ1) is 14.5. The van der Waals surface area contributed by atoms with Crippen molar-refractivity contribution in [1.29, 1.82) is 0 Å². The molecule has 2 bridgehead atoms. The van der Waals surface area contributed by atoms with E-state index < -0.39 is 15.5 Å². The third-order valence-electron chi connectivity index (χ3n) is 2.94. The molecular formula is C10H16F3NO2S. The van der Waals surface area contributed by atoms with Gasteiger partial charge in [0, 0.05) is 14.1 Å². The molecule has 2 aliphatic carbocycles. The number of hydrogen-bond donors (Lipinski definition) is 0. The predicted octanol–water partition coefficient (Wildman–Crippen LogP) is 2.37. The van der Waals surface area contributed by atoms with Gasteiger partial charge in [0.25, 0.3) is 0 Å². The summed E-state index contributed by atoms with van der Waals surface area (Å²) in [6.07, 6.45) is 9.19. The molecule has 17 heavy (non-hydrogen) atoms. The summed E-state index contributed by atoms with van der Waals surface area (Å²) in [4.78, 5) is 0. The lowest BCUT2D eigenvalue weighted by atomic mass is 10.1. The Morgan fingerprint density at radius 1 is 1.12 bits per heavy atom. The van der Waals surface area contributed by atoms with Crippen molar-refractivity contribution in [2.45, 2.75) is 24.8 Å². The fraction of sp³-hybridized carbons (Fsp3) is 0.800. The summed E-state index contributed by atoms with van der Waals surface area (Å²) in [5.74, 6) is 1.98. The van der Waals surface area contributed by atoms with Gasteiger partial charge in [-0.2, -0.15) is 13.2 Å². The second kappa shape index (κ2) is 4.97. The topological polar surface area (TPSA) is 37.4 Å². The molecule has 0 spiro atoms. The molecule has 0 saturated heterocycles. The minimum absolute atomic E-state index is 0.118. The van der Waals surface area contributed by atoms with Crippen LogP contribution in [0.15, 0.2) is 12.2 Å². The van der Waals surface area contributed by atoms with Gasteiger partial charge >= 0.3 is 15.5 Å². The average molecular weight is 271 g/mol. The fourth-order valence-electron chi connectivity index (χ4n) is 1.92. The molecule has 0 aliphatic heterocycles. The molecule has 0 aromatic carbocycles. The van der Waals surface area contributed by atoms with E-state index in [-0.39, 0.29) is 4.31 Å². The van der Waals surface area contributed by atoms with Gasteiger partial charge in [-0.05, 0) is 31.1 Å². The number of halogens is 3. The van der Waals surface area contributed by atoms with Crippen LogP contribution in [0.5, 0.6) is 0 Å². The van der Waals surface area contributed by atoms with Crippen molar-refractivity contribution in [3.05, 3.63) is 12.2 Å². The van der Waals surface area contributed by atoms with Crippen molar-refractivity contribution in [1.82, 2.24) is 4.31 Å². The molecule has 100 valence electrons. The lowest BCUT2D eigenvalue weighted by molar-refractivity contribution is -0.0476. The Kier molecular flexibility index (Phi) is 4.24. The van der Waals surface area contributed by atoms with Gasteiger partial charge in [0.2, 0.25) is 0 Å². The first-order valence-electron chi connectivity index (χ1n) is 5.31. The van der Waals surface area contributed by atoms with E-state index in [1.165, 1.54) is 19.3 Å². The Morgan fingerprint density at radius 2 is 1.53 bits per heavy atom. The van der Waals surface area contributed by atoms with Crippen LogP contribution in [0.3, 0.4) is 0 Å². The van der Waals surface area contributed by atoms with Crippen LogP contribution in [0.4, 0.5) is 13.2 Å². The van der Waals surface area contributed by atoms with Gasteiger partial charge in [0.1, 0.15) is 0 Å². The van der Waals surface area contributed by atoms with Crippen molar-refractivity contribution in [3.63, 3.8) is 0 Å². The van der Waals surface area contributed by atoms with E-state index in [0.717, 1.165) is 25.9 Å². The summed E-state index contributed by atoms with van der Waals surface area (Å²) in [6.45, 7) is 0. The monoisotopic (exact) mass is 271 g/mol. The maximum absolute atomic E-state index is 11.5. The van der Waals surface area contributed by atoms with Gasteiger partial charge < -0.3 is 0 Å². The van der Waals surface area contributed by atoms with Crippen LogP contribution in [-0.2, 0) is 10.0 Å². The second-order valence-electron chi connectivity index (χ2n) is 4.45. The number of allylic oxidation sites excluding steroid dienone is 2. The Labute approximate surface area is 99.3 Å². The largest absolute Gasteiger partial charge is 0.511 e. The Hall–Kier alpha value is -0.560. The van der Waals surface area contributed by atoms with Crippen LogP contribution in [0.25, 0.3) is 0 Å². The first-order chi connectivity index (χ1) is 7.64. The summed E-state index contributed by atoms with van der Waals surface area (Å²) in [6, 6.07) is 0. The lowest BCUT2D eigenvalue weighted by Crippen LogP contribution is -2.35. The number of fused-ring (bicyclic) bond motifs is 2. The van der Waals surface area contributed by atoms with Gasteiger partial charge in [0.15, 0.2) is 0 Å². The lowest BCUT2D eigenvalue weighted by Gasteiger charge is -2.12. The van der Waals surface area contributed by atoms with E-state index in [1.54, 1.807) is 0 Å². The van der Waals surface area contributed by atoms with Gasteiger partial charge in [0.05, 0.1) is 0 Å². The van der Waals surface area contributed by atoms with Crippen LogP contribution >= 0.6 is 0 Å². The number of alkyl halides is 3. The summed E-state index contributed by atoms with van der Waals surface area (Å²) in [5, 5.41) is 0. The molecule has 0 aromatic heterocycles. The molecule has 3 nitrogen and oxygen atoms in total. The Balaban J connectivity index is 0.000000177. The molecule has 2 aliphatic rings. The predicted molar refractivity (Wildman–Crippen MR) is 58.6 cm³/mol. The van der Waals surface area contributed by atoms with Crippen LogP contribution < -0.4 is 0 Å². The molecule has 0 radical (unpaired) electrons. The number of rotatable bonds is 1. The number of hydrogen-bond acceptors (Lipinski definition) is 2. The molecule has 7 heteroatoms. The zero-order valence-electron chi connectivity index (χ0n) is 9.74. The standard InChI is InChI=1S/C7H10.C3H6F3NO2S/c1-2-7-4-3-6(1)5-7;1-7(2)10(8,9)3(4,5)6/h1-2,6-7H,3-5H2;1-2H3. The highest BCUT2D eigenvalue weighted by atomic mass is 32.2. The number of sulfonamides is 1. The average Bonchev–Trinajstić information content (AvgIpc) is 2.79.